The molecule has 1 aliphatic heterocycles. The minimum atomic E-state index is -0.0906. The standard InChI is InChI=1S/C12H16N2O2/c1-9-8-13-6-7-14(9)12(16)10-4-2-3-5-11(10)15/h2-5,9,13,15H,6-8H2,1H3/t9-/m0/s1. The number of nitrogens with zero attached hydrogens (tertiary/aromatic N) is 1. The Labute approximate surface area is 94.9 Å². The molecule has 1 aliphatic rings. The summed E-state index contributed by atoms with van der Waals surface area (Å²) in [6.45, 7) is 4.31. The Bertz CT molecular complexity index is 392. The van der Waals surface area contributed by atoms with Crippen molar-refractivity contribution in [2.24, 2.45) is 0 Å². The van der Waals surface area contributed by atoms with Crippen molar-refractivity contribution in [2.75, 3.05) is 19.6 Å². The van der Waals surface area contributed by atoms with Gasteiger partial charge < -0.3 is 15.3 Å². The van der Waals surface area contributed by atoms with Gasteiger partial charge in [-0.3, -0.25) is 4.79 Å². The quantitative estimate of drug-likeness (QED) is 0.737. The first-order valence-electron chi connectivity index (χ1n) is 5.50. The van der Waals surface area contributed by atoms with E-state index in [2.05, 4.69) is 5.32 Å². The van der Waals surface area contributed by atoms with Gasteiger partial charge in [-0.05, 0) is 19.1 Å². The number of piperazine rings is 1. The van der Waals surface area contributed by atoms with Crippen molar-refractivity contribution in [1.82, 2.24) is 10.2 Å². The molecule has 0 radical (unpaired) electrons. The van der Waals surface area contributed by atoms with Crippen LogP contribution >= 0.6 is 0 Å². The van der Waals surface area contributed by atoms with Gasteiger partial charge in [0.1, 0.15) is 5.75 Å². The fourth-order valence-corrected chi connectivity index (χ4v) is 1.95. The van der Waals surface area contributed by atoms with Crippen LogP contribution in [0.3, 0.4) is 0 Å². The van der Waals surface area contributed by atoms with Crippen molar-refractivity contribution in [3.05, 3.63) is 29.8 Å². The third kappa shape index (κ3) is 2.02. The summed E-state index contributed by atoms with van der Waals surface area (Å²) in [5, 5.41) is 12.9. The fraction of sp³-hybridized carbons (Fsp3) is 0.417. The summed E-state index contributed by atoms with van der Waals surface area (Å²) in [5.74, 6) is -0.0367. The number of carbonyl (C=O) groups excluding carboxylic acids is 1. The number of rotatable bonds is 1. The highest BCUT2D eigenvalue weighted by molar-refractivity contribution is 5.97. The van der Waals surface area contributed by atoms with Crippen molar-refractivity contribution in [3.63, 3.8) is 0 Å². The van der Waals surface area contributed by atoms with Gasteiger partial charge >= 0.3 is 0 Å². The molecule has 0 unspecified atom stereocenters. The molecule has 4 heteroatoms. The smallest absolute Gasteiger partial charge is 0.257 e. The molecule has 16 heavy (non-hydrogen) atoms. The summed E-state index contributed by atoms with van der Waals surface area (Å²) >= 11 is 0. The lowest BCUT2D eigenvalue weighted by Gasteiger charge is -2.34. The van der Waals surface area contributed by atoms with Crippen molar-refractivity contribution in [2.45, 2.75) is 13.0 Å². The largest absolute Gasteiger partial charge is 0.507 e. The molecule has 1 aromatic rings. The average molecular weight is 220 g/mol. The predicted octanol–water partition coefficient (Wildman–Crippen LogP) is 0.826. The number of phenols is 1. The minimum absolute atomic E-state index is 0.0539. The van der Waals surface area contributed by atoms with E-state index in [1.54, 1.807) is 29.2 Å². The second-order valence-electron chi connectivity index (χ2n) is 4.07. The molecule has 1 saturated heterocycles. The lowest BCUT2D eigenvalue weighted by molar-refractivity contribution is 0.0653. The van der Waals surface area contributed by atoms with Crippen molar-refractivity contribution < 1.29 is 9.90 Å². The molecular weight excluding hydrogens is 204 g/mol. The van der Waals surface area contributed by atoms with Crippen LogP contribution in [0.15, 0.2) is 24.3 Å². The highest BCUT2D eigenvalue weighted by Gasteiger charge is 2.25. The van der Waals surface area contributed by atoms with Gasteiger partial charge in [-0.2, -0.15) is 0 Å². The summed E-state index contributed by atoms with van der Waals surface area (Å²) in [6.07, 6.45) is 0. The van der Waals surface area contributed by atoms with E-state index in [9.17, 15) is 9.90 Å². The molecular formula is C12H16N2O2. The molecule has 0 spiro atoms. The number of carbonyl (C=O) groups is 1. The maximum absolute atomic E-state index is 12.2. The molecule has 1 amide bonds. The van der Waals surface area contributed by atoms with Crippen LogP contribution in [0.1, 0.15) is 17.3 Å². The topological polar surface area (TPSA) is 52.6 Å². The number of amides is 1. The lowest BCUT2D eigenvalue weighted by atomic mass is 10.1. The molecule has 2 N–H and O–H groups in total. The van der Waals surface area contributed by atoms with Gasteiger partial charge in [-0.25, -0.2) is 0 Å². The van der Waals surface area contributed by atoms with Crippen LogP contribution in [0, 0.1) is 0 Å². The van der Waals surface area contributed by atoms with Gasteiger partial charge in [0, 0.05) is 25.7 Å². The van der Waals surface area contributed by atoms with Crippen LogP contribution in [0.25, 0.3) is 0 Å². The molecule has 1 fully saturated rings. The fourth-order valence-electron chi connectivity index (χ4n) is 1.95. The number of para-hydroxylation sites is 1. The highest BCUT2D eigenvalue weighted by atomic mass is 16.3. The van der Waals surface area contributed by atoms with Crippen LogP contribution in [-0.4, -0.2) is 41.6 Å². The Kier molecular flexibility index (Phi) is 3.10. The van der Waals surface area contributed by atoms with E-state index in [0.29, 0.717) is 12.1 Å². The monoisotopic (exact) mass is 220 g/mol. The summed E-state index contributed by atoms with van der Waals surface area (Å²) in [6, 6.07) is 6.85. The Morgan fingerprint density at radius 3 is 2.94 bits per heavy atom. The first kappa shape index (κ1) is 11.0. The zero-order valence-corrected chi connectivity index (χ0v) is 9.31. The molecule has 86 valence electrons. The Balaban J connectivity index is 2.21. The van der Waals surface area contributed by atoms with E-state index in [0.717, 1.165) is 13.1 Å². The zero-order valence-electron chi connectivity index (χ0n) is 9.31. The summed E-state index contributed by atoms with van der Waals surface area (Å²) in [4.78, 5) is 14.0. The minimum Gasteiger partial charge on any atom is -0.507 e. The van der Waals surface area contributed by atoms with Gasteiger partial charge in [0.15, 0.2) is 0 Å². The molecule has 2 rings (SSSR count). The molecule has 0 bridgehead atoms. The van der Waals surface area contributed by atoms with Crippen LogP contribution in [0.4, 0.5) is 0 Å². The maximum Gasteiger partial charge on any atom is 0.257 e. The molecule has 0 saturated carbocycles. The van der Waals surface area contributed by atoms with Gasteiger partial charge in [-0.1, -0.05) is 12.1 Å². The van der Waals surface area contributed by atoms with E-state index in [1.165, 1.54) is 0 Å². The lowest BCUT2D eigenvalue weighted by Crippen LogP contribution is -2.52. The van der Waals surface area contributed by atoms with Gasteiger partial charge in [0.2, 0.25) is 0 Å². The summed E-state index contributed by atoms with van der Waals surface area (Å²) < 4.78 is 0. The Hall–Kier alpha value is -1.55. The van der Waals surface area contributed by atoms with Crippen molar-refractivity contribution in [1.29, 1.82) is 0 Å². The van der Waals surface area contributed by atoms with Crippen molar-refractivity contribution in [3.8, 4) is 5.75 Å². The molecule has 0 aromatic heterocycles. The molecule has 4 nitrogen and oxygen atoms in total. The summed E-state index contributed by atoms with van der Waals surface area (Å²) in [5.41, 5.74) is 0.385. The number of hydrogen-bond donors (Lipinski definition) is 2. The van der Waals surface area contributed by atoms with Gasteiger partial charge in [0.05, 0.1) is 5.56 Å². The SMILES string of the molecule is C[C@H]1CNCCN1C(=O)c1ccccc1O. The first-order valence-corrected chi connectivity index (χ1v) is 5.50. The van der Waals surface area contributed by atoms with E-state index in [-0.39, 0.29) is 17.7 Å². The molecule has 0 aliphatic carbocycles. The van der Waals surface area contributed by atoms with Crippen LogP contribution in [-0.2, 0) is 0 Å². The Morgan fingerprint density at radius 1 is 1.50 bits per heavy atom. The van der Waals surface area contributed by atoms with Gasteiger partial charge in [0.25, 0.3) is 5.91 Å². The second kappa shape index (κ2) is 4.53. The van der Waals surface area contributed by atoms with Gasteiger partial charge in [-0.15, -0.1) is 0 Å². The third-order valence-corrected chi connectivity index (χ3v) is 2.90. The second-order valence-corrected chi connectivity index (χ2v) is 4.07. The summed E-state index contributed by atoms with van der Waals surface area (Å²) in [7, 11) is 0. The number of hydrogen-bond acceptors (Lipinski definition) is 3. The van der Waals surface area contributed by atoms with Crippen LogP contribution in [0.2, 0.25) is 0 Å². The first-order chi connectivity index (χ1) is 7.70. The number of benzene rings is 1. The average Bonchev–Trinajstić information content (AvgIpc) is 2.29. The Morgan fingerprint density at radius 2 is 2.25 bits per heavy atom. The van der Waals surface area contributed by atoms with E-state index < -0.39 is 0 Å². The number of phenolic OH excluding ortho intramolecular Hbond substituents is 1. The maximum atomic E-state index is 12.2. The van der Waals surface area contributed by atoms with Crippen LogP contribution in [0.5, 0.6) is 5.75 Å². The predicted molar refractivity (Wildman–Crippen MR) is 61.5 cm³/mol. The van der Waals surface area contributed by atoms with E-state index in [1.807, 2.05) is 6.92 Å². The van der Waals surface area contributed by atoms with E-state index >= 15 is 0 Å². The molecule has 1 heterocycles. The number of aromatic hydroxyl groups is 1. The zero-order chi connectivity index (χ0) is 11.5. The number of nitrogens with one attached hydrogen (secondary N) is 1. The van der Waals surface area contributed by atoms with Crippen molar-refractivity contribution >= 4 is 5.91 Å². The van der Waals surface area contributed by atoms with E-state index in [4.69, 9.17) is 0 Å². The highest BCUT2D eigenvalue weighted by Crippen LogP contribution is 2.19. The normalized spacial score (nSPS) is 20.8. The third-order valence-electron chi connectivity index (χ3n) is 2.90. The molecule has 1 aromatic carbocycles. The molecule has 1 atom stereocenters. The van der Waals surface area contributed by atoms with Crippen LogP contribution < -0.4 is 5.32 Å².